The Labute approximate surface area is 109 Å². The Hall–Kier alpha value is -2.55. The molecular weight excluding hydrogens is 244 g/mol. The molecule has 0 aliphatic heterocycles. The average Bonchev–Trinajstić information content (AvgIpc) is 2.69. The van der Waals surface area contributed by atoms with Crippen molar-refractivity contribution >= 4 is 18.7 Å². The van der Waals surface area contributed by atoms with E-state index >= 15 is 0 Å². The molecule has 0 heterocycles. The highest BCUT2D eigenvalue weighted by Crippen LogP contribution is 2.26. The third kappa shape index (κ3) is 1.66. The quantitative estimate of drug-likeness (QED) is 0.685. The van der Waals surface area contributed by atoms with E-state index in [4.69, 9.17) is 21.2 Å². The first-order chi connectivity index (χ1) is 8.62. The van der Waals surface area contributed by atoms with Gasteiger partial charge in [0.15, 0.2) is 0 Å². The van der Waals surface area contributed by atoms with Gasteiger partial charge in [-0.2, -0.15) is 15.8 Å². The van der Waals surface area contributed by atoms with E-state index in [-0.39, 0.29) is 22.0 Å². The molecule has 0 saturated carbocycles. The number of allylic oxidation sites excluding steroid dienone is 1. The summed E-state index contributed by atoms with van der Waals surface area (Å²) in [7, 11) is 0. The lowest BCUT2D eigenvalue weighted by molar-refractivity contribution is 1.15. The second-order valence-corrected chi connectivity index (χ2v) is 4.34. The van der Waals surface area contributed by atoms with Crippen molar-refractivity contribution in [1.82, 2.24) is 0 Å². The van der Waals surface area contributed by atoms with Gasteiger partial charge in [-0.3, -0.25) is 5.41 Å². The summed E-state index contributed by atoms with van der Waals surface area (Å²) in [6, 6.07) is 7.12. The number of fused-ring (bicyclic) bond motifs is 1. The molecular formula is C13H6N4S. The summed E-state index contributed by atoms with van der Waals surface area (Å²) in [6.07, 6.45) is 2.20. The molecule has 0 radical (unpaired) electrons. The van der Waals surface area contributed by atoms with Crippen LogP contribution in [-0.4, -0.2) is 0 Å². The van der Waals surface area contributed by atoms with Crippen LogP contribution in [0.3, 0.4) is 0 Å². The van der Waals surface area contributed by atoms with Gasteiger partial charge in [0.2, 0.25) is 0 Å². The van der Waals surface area contributed by atoms with Crippen LogP contribution in [0.1, 0.15) is 27.8 Å². The molecule has 1 N–H and O–H groups in total. The van der Waals surface area contributed by atoms with Crippen molar-refractivity contribution in [2.75, 3.05) is 0 Å². The van der Waals surface area contributed by atoms with Crippen LogP contribution in [0.2, 0.25) is 0 Å². The molecule has 0 amide bonds. The third-order valence-electron chi connectivity index (χ3n) is 2.74. The maximum atomic E-state index is 9.09. The van der Waals surface area contributed by atoms with E-state index in [2.05, 4.69) is 12.6 Å². The van der Waals surface area contributed by atoms with Crippen molar-refractivity contribution < 1.29 is 0 Å². The predicted molar refractivity (Wildman–Crippen MR) is 67.1 cm³/mol. The summed E-state index contributed by atoms with van der Waals surface area (Å²) in [5.74, 6) is 0. The summed E-state index contributed by atoms with van der Waals surface area (Å²) in [4.78, 5) is 0.774. The standard InChI is InChI=1S/C13H6N4S/c14-4-8-1-7-2-9(18)3-10(7)13(17)12(6-16)11(8)5-15/h1-2,17-18H,3H2. The Morgan fingerprint density at radius 1 is 1.11 bits per heavy atom. The van der Waals surface area contributed by atoms with E-state index in [0.29, 0.717) is 17.5 Å². The van der Waals surface area contributed by atoms with Crippen LogP contribution in [-0.2, 0) is 6.42 Å². The molecule has 0 saturated heterocycles. The van der Waals surface area contributed by atoms with Gasteiger partial charge in [-0.15, -0.1) is 12.6 Å². The third-order valence-corrected chi connectivity index (χ3v) is 3.03. The van der Waals surface area contributed by atoms with Crippen LogP contribution in [0.5, 0.6) is 0 Å². The first-order valence-electron chi connectivity index (χ1n) is 5.01. The SMILES string of the molecule is N#Cc1cc2c(c(=N)c(C#N)c1C#N)CC(S)=C2. The van der Waals surface area contributed by atoms with Crippen LogP contribution in [0, 0.1) is 39.4 Å². The van der Waals surface area contributed by atoms with Gasteiger partial charge in [-0.25, -0.2) is 0 Å². The molecule has 0 bridgehead atoms. The van der Waals surface area contributed by atoms with Gasteiger partial charge in [0, 0.05) is 6.42 Å². The monoisotopic (exact) mass is 250 g/mol. The lowest BCUT2D eigenvalue weighted by Gasteiger charge is -1.93. The topological polar surface area (TPSA) is 95.2 Å². The number of thiol groups is 1. The van der Waals surface area contributed by atoms with Gasteiger partial charge >= 0.3 is 0 Å². The van der Waals surface area contributed by atoms with Gasteiger partial charge in [0.1, 0.15) is 18.2 Å². The van der Waals surface area contributed by atoms with E-state index < -0.39 is 0 Å². The molecule has 0 unspecified atom stereocenters. The zero-order valence-corrected chi connectivity index (χ0v) is 10.0. The van der Waals surface area contributed by atoms with E-state index in [0.717, 1.165) is 4.91 Å². The zero-order valence-electron chi connectivity index (χ0n) is 9.15. The van der Waals surface area contributed by atoms with Gasteiger partial charge in [-0.1, -0.05) is 0 Å². The zero-order chi connectivity index (χ0) is 13.3. The number of nitrogens with one attached hydrogen (secondary N) is 1. The van der Waals surface area contributed by atoms with Crippen LogP contribution in [0.4, 0.5) is 0 Å². The summed E-state index contributed by atoms with van der Waals surface area (Å²) >= 11 is 4.23. The van der Waals surface area contributed by atoms with Crippen molar-refractivity contribution in [1.29, 1.82) is 21.2 Å². The largest absolute Gasteiger partial charge is 0.299 e. The van der Waals surface area contributed by atoms with E-state index in [1.807, 2.05) is 18.2 Å². The number of rotatable bonds is 0. The fourth-order valence-electron chi connectivity index (χ4n) is 1.92. The minimum atomic E-state index is -0.0493. The highest BCUT2D eigenvalue weighted by atomic mass is 32.1. The predicted octanol–water partition coefficient (Wildman–Crippen LogP) is 1.61. The van der Waals surface area contributed by atoms with E-state index in [1.165, 1.54) is 6.07 Å². The Morgan fingerprint density at radius 3 is 2.33 bits per heavy atom. The van der Waals surface area contributed by atoms with Gasteiger partial charge in [0.25, 0.3) is 0 Å². The van der Waals surface area contributed by atoms with Crippen molar-refractivity contribution in [3.05, 3.63) is 44.1 Å². The Balaban J connectivity index is 3.03. The number of nitrogens with zero attached hydrogens (tertiary/aromatic N) is 3. The second-order valence-electron chi connectivity index (χ2n) is 3.76. The molecule has 0 spiro atoms. The molecule has 0 atom stereocenters. The van der Waals surface area contributed by atoms with Crippen molar-refractivity contribution in [2.45, 2.75) is 6.42 Å². The molecule has 1 aromatic rings. The Bertz CT molecular complexity index is 770. The lowest BCUT2D eigenvalue weighted by atomic mass is 10.1. The van der Waals surface area contributed by atoms with Crippen LogP contribution in [0.15, 0.2) is 11.0 Å². The summed E-state index contributed by atoms with van der Waals surface area (Å²) in [6.45, 7) is 0. The summed E-state index contributed by atoms with van der Waals surface area (Å²) in [5.41, 5.74) is 1.34. The Kier molecular flexibility index (Phi) is 2.90. The van der Waals surface area contributed by atoms with Crippen LogP contribution in [0.25, 0.3) is 6.08 Å². The second kappa shape index (κ2) is 4.37. The minimum Gasteiger partial charge on any atom is -0.299 e. The highest BCUT2D eigenvalue weighted by molar-refractivity contribution is 7.84. The maximum Gasteiger partial charge on any atom is 0.103 e. The van der Waals surface area contributed by atoms with Gasteiger partial charge < -0.3 is 0 Å². The smallest absolute Gasteiger partial charge is 0.103 e. The first kappa shape index (κ1) is 11.9. The van der Waals surface area contributed by atoms with Crippen molar-refractivity contribution in [2.24, 2.45) is 0 Å². The van der Waals surface area contributed by atoms with Crippen LogP contribution >= 0.6 is 12.6 Å². The van der Waals surface area contributed by atoms with Gasteiger partial charge in [0.05, 0.1) is 22.0 Å². The maximum absolute atomic E-state index is 9.09. The fraction of sp³-hybridized carbons (Fsp3) is 0.0769. The normalized spacial score (nSPS) is 11.8. The summed E-state index contributed by atoms with van der Waals surface area (Å²) in [5, 5.41) is 35.2. The molecule has 2 rings (SSSR count). The molecule has 1 aromatic carbocycles. The average molecular weight is 250 g/mol. The number of hydrogen-bond acceptors (Lipinski definition) is 5. The first-order valence-corrected chi connectivity index (χ1v) is 5.45. The molecule has 5 heteroatoms. The van der Waals surface area contributed by atoms with Crippen LogP contribution < -0.4 is 5.36 Å². The minimum absolute atomic E-state index is 0.00542. The Morgan fingerprint density at radius 2 is 1.78 bits per heavy atom. The summed E-state index contributed by atoms with van der Waals surface area (Å²) < 4.78 is 0. The highest BCUT2D eigenvalue weighted by Gasteiger charge is 2.18. The molecule has 1 aliphatic rings. The molecule has 4 nitrogen and oxygen atoms in total. The molecule has 0 fully saturated rings. The van der Waals surface area contributed by atoms with Crippen molar-refractivity contribution in [3.63, 3.8) is 0 Å². The number of hydrogen-bond donors (Lipinski definition) is 2. The fourth-order valence-corrected chi connectivity index (χ4v) is 2.21. The lowest BCUT2D eigenvalue weighted by Crippen LogP contribution is -2.11. The molecule has 18 heavy (non-hydrogen) atoms. The van der Waals surface area contributed by atoms with E-state index in [9.17, 15) is 0 Å². The number of nitriles is 3. The van der Waals surface area contributed by atoms with Crippen molar-refractivity contribution in [3.8, 4) is 18.2 Å². The molecule has 1 aliphatic carbocycles. The van der Waals surface area contributed by atoms with Gasteiger partial charge in [-0.05, 0) is 28.2 Å². The molecule has 0 aromatic heterocycles. The molecule has 84 valence electrons. The van der Waals surface area contributed by atoms with E-state index in [1.54, 1.807) is 6.08 Å².